The Labute approximate surface area is 131 Å². The van der Waals surface area contributed by atoms with Gasteiger partial charge in [-0.3, -0.25) is 0 Å². The minimum Gasteiger partial charge on any atom is -0.313 e. The fourth-order valence-electron chi connectivity index (χ4n) is 2.35. The molecule has 0 spiro atoms. The number of halogens is 1. The van der Waals surface area contributed by atoms with Gasteiger partial charge < -0.3 is 5.32 Å². The van der Waals surface area contributed by atoms with Crippen LogP contribution >= 0.6 is 27.7 Å². The van der Waals surface area contributed by atoms with Crippen molar-refractivity contribution in [2.24, 2.45) is 5.92 Å². The Bertz CT molecular complexity index is 356. The number of hydrogen-bond donors (Lipinski definition) is 1. The van der Waals surface area contributed by atoms with Gasteiger partial charge in [-0.1, -0.05) is 55.6 Å². The molecule has 1 aromatic rings. The lowest BCUT2D eigenvalue weighted by molar-refractivity contribution is 0.409. The standard InChI is InChI=1S/C16H26BrNS/c1-4-7-13(3)10-15(18-5-2)12-19-16-9-6-8-14(17)11-16/h6,8-9,11,13,15,18H,4-5,7,10,12H2,1-3H3. The smallest absolute Gasteiger partial charge is 0.0186 e. The summed E-state index contributed by atoms with van der Waals surface area (Å²) in [7, 11) is 0. The van der Waals surface area contributed by atoms with Crippen LogP contribution in [0.3, 0.4) is 0 Å². The van der Waals surface area contributed by atoms with Crippen LogP contribution < -0.4 is 5.32 Å². The maximum absolute atomic E-state index is 3.62. The van der Waals surface area contributed by atoms with Gasteiger partial charge in [0.1, 0.15) is 0 Å². The molecule has 0 heterocycles. The molecule has 1 N–H and O–H groups in total. The van der Waals surface area contributed by atoms with Crippen LogP contribution in [0.2, 0.25) is 0 Å². The minimum atomic E-state index is 0.621. The molecule has 2 unspecified atom stereocenters. The Morgan fingerprint density at radius 3 is 2.74 bits per heavy atom. The highest BCUT2D eigenvalue weighted by atomic mass is 79.9. The van der Waals surface area contributed by atoms with E-state index in [1.54, 1.807) is 0 Å². The zero-order chi connectivity index (χ0) is 14.1. The van der Waals surface area contributed by atoms with Crippen LogP contribution in [0.25, 0.3) is 0 Å². The molecule has 2 atom stereocenters. The normalized spacial score (nSPS) is 14.3. The average molecular weight is 344 g/mol. The van der Waals surface area contributed by atoms with Crippen LogP contribution in [0.4, 0.5) is 0 Å². The molecular formula is C16H26BrNS. The van der Waals surface area contributed by atoms with Crippen molar-refractivity contribution in [1.29, 1.82) is 0 Å². The molecular weight excluding hydrogens is 318 g/mol. The molecule has 0 aliphatic rings. The van der Waals surface area contributed by atoms with Crippen molar-refractivity contribution < 1.29 is 0 Å². The van der Waals surface area contributed by atoms with E-state index >= 15 is 0 Å². The second-order valence-corrected chi connectivity index (χ2v) is 7.16. The Hall–Kier alpha value is 0.01000. The SMILES string of the molecule is CCCC(C)CC(CSc1cccc(Br)c1)NCC. The van der Waals surface area contributed by atoms with Gasteiger partial charge in [0, 0.05) is 21.2 Å². The number of hydrogen-bond acceptors (Lipinski definition) is 2. The van der Waals surface area contributed by atoms with Gasteiger partial charge in [-0.05, 0) is 37.1 Å². The van der Waals surface area contributed by atoms with Crippen molar-refractivity contribution in [2.45, 2.75) is 51.0 Å². The molecule has 1 nitrogen and oxygen atoms in total. The zero-order valence-electron chi connectivity index (χ0n) is 12.3. The van der Waals surface area contributed by atoms with Crippen LogP contribution in [0.15, 0.2) is 33.6 Å². The van der Waals surface area contributed by atoms with Gasteiger partial charge >= 0.3 is 0 Å². The first-order valence-corrected chi connectivity index (χ1v) is 9.05. The molecule has 1 rings (SSSR count). The highest BCUT2D eigenvalue weighted by Crippen LogP contribution is 2.24. The van der Waals surface area contributed by atoms with Crippen LogP contribution in [0.1, 0.15) is 40.0 Å². The zero-order valence-corrected chi connectivity index (χ0v) is 14.7. The highest BCUT2D eigenvalue weighted by molar-refractivity contribution is 9.10. The Morgan fingerprint density at radius 2 is 2.11 bits per heavy atom. The fourth-order valence-corrected chi connectivity index (χ4v) is 3.93. The summed E-state index contributed by atoms with van der Waals surface area (Å²) in [5.41, 5.74) is 0. The maximum atomic E-state index is 3.62. The second kappa shape index (κ2) is 9.84. The molecule has 19 heavy (non-hydrogen) atoms. The monoisotopic (exact) mass is 343 g/mol. The van der Waals surface area contributed by atoms with E-state index in [1.807, 2.05) is 11.8 Å². The summed E-state index contributed by atoms with van der Waals surface area (Å²) in [6.45, 7) is 7.90. The number of rotatable bonds is 9. The van der Waals surface area contributed by atoms with Gasteiger partial charge in [0.15, 0.2) is 0 Å². The minimum absolute atomic E-state index is 0.621. The molecule has 0 aliphatic carbocycles. The Kier molecular flexibility index (Phi) is 8.84. The summed E-state index contributed by atoms with van der Waals surface area (Å²) in [5, 5.41) is 3.62. The number of nitrogens with one attached hydrogen (secondary N) is 1. The third-order valence-corrected chi connectivity index (χ3v) is 4.86. The van der Waals surface area contributed by atoms with Gasteiger partial charge in [-0.15, -0.1) is 11.8 Å². The summed E-state index contributed by atoms with van der Waals surface area (Å²) < 4.78 is 1.16. The second-order valence-electron chi connectivity index (χ2n) is 5.15. The van der Waals surface area contributed by atoms with Crippen molar-refractivity contribution in [3.8, 4) is 0 Å². The molecule has 1 aromatic carbocycles. The Morgan fingerprint density at radius 1 is 1.32 bits per heavy atom. The van der Waals surface area contributed by atoms with Crippen LogP contribution in [-0.2, 0) is 0 Å². The van der Waals surface area contributed by atoms with E-state index in [0.717, 1.165) is 22.7 Å². The van der Waals surface area contributed by atoms with E-state index in [-0.39, 0.29) is 0 Å². The summed E-state index contributed by atoms with van der Waals surface area (Å²) >= 11 is 5.48. The Balaban J connectivity index is 2.44. The van der Waals surface area contributed by atoms with Crippen LogP contribution in [0, 0.1) is 5.92 Å². The molecule has 0 saturated heterocycles. The molecule has 0 fully saturated rings. The van der Waals surface area contributed by atoms with E-state index in [2.05, 4.69) is 66.3 Å². The molecule has 0 aromatic heterocycles. The van der Waals surface area contributed by atoms with Crippen LogP contribution in [0.5, 0.6) is 0 Å². The third-order valence-electron chi connectivity index (χ3n) is 3.21. The van der Waals surface area contributed by atoms with E-state index < -0.39 is 0 Å². The number of thioether (sulfide) groups is 1. The van der Waals surface area contributed by atoms with Gasteiger partial charge in [-0.25, -0.2) is 0 Å². The molecule has 0 amide bonds. The first kappa shape index (κ1) is 17.1. The largest absolute Gasteiger partial charge is 0.313 e. The maximum Gasteiger partial charge on any atom is 0.0186 e. The van der Waals surface area contributed by atoms with E-state index in [4.69, 9.17) is 0 Å². The molecule has 108 valence electrons. The predicted molar refractivity (Wildman–Crippen MR) is 91.0 cm³/mol. The lowest BCUT2D eigenvalue weighted by Gasteiger charge is -2.21. The van der Waals surface area contributed by atoms with E-state index in [1.165, 1.54) is 24.2 Å². The third kappa shape index (κ3) is 7.38. The lowest BCUT2D eigenvalue weighted by atomic mass is 9.98. The van der Waals surface area contributed by atoms with Crippen molar-refractivity contribution in [3.05, 3.63) is 28.7 Å². The summed E-state index contributed by atoms with van der Waals surface area (Å²) in [6, 6.07) is 9.19. The van der Waals surface area contributed by atoms with Gasteiger partial charge in [-0.2, -0.15) is 0 Å². The molecule has 0 saturated carbocycles. The van der Waals surface area contributed by atoms with Gasteiger partial charge in [0.2, 0.25) is 0 Å². The summed E-state index contributed by atoms with van der Waals surface area (Å²) in [4.78, 5) is 1.35. The highest BCUT2D eigenvalue weighted by Gasteiger charge is 2.12. The molecule has 0 radical (unpaired) electrons. The topological polar surface area (TPSA) is 12.0 Å². The van der Waals surface area contributed by atoms with Crippen molar-refractivity contribution >= 4 is 27.7 Å². The van der Waals surface area contributed by atoms with Crippen molar-refractivity contribution in [3.63, 3.8) is 0 Å². The average Bonchev–Trinajstić information content (AvgIpc) is 2.36. The van der Waals surface area contributed by atoms with E-state index in [9.17, 15) is 0 Å². The lowest BCUT2D eigenvalue weighted by Crippen LogP contribution is -2.32. The molecule has 3 heteroatoms. The molecule has 0 aliphatic heterocycles. The van der Waals surface area contributed by atoms with Crippen molar-refractivity contribution in [2.75, 3.05) is 12.3 Å². The van der Waals surface area contributed by atoms with Gasteiger partial charge in [0.05, 0.1) is 0 Å². The molecule has 0 bridgehead atoms. The fraction of sp³-hybridized carbons (Fsp3) is 0.625. The first-order valence-electron chi connectivity index (χ1n) is 7.27. The van der Waals surface area contributed by atoms with Gasteiger partial charge in [0.25, 0.3) is 0 Å². The first-order chi connectivity index (χ1) is 9.15. The van der Waals surface area contributed by atoms with Crippen molar-refractivity contribution in [1.82, 2.24) is 5.32 Å². The van der Waals surface area contributed by atoms with Crippen LogP contribution in [-0.4, -0.2) is 18.3 Å². The quantitative estimate of drug-likeness (QED) is 0.607. The predicted octanol–water partition coefficient (Wildman–Crippen LogP) is 5.35. The van der Waals surface area contributed by atoms with E-state index in [0.29, 0.717) is 6.04 Å². The number of benzene rings is 1. The summed E-state index contributed by atoms with van der Waals surface area (Å²) in [5.74, 6) is 1.97. The summed E-state index contributed by atoms with van der Waals surface area (Å²) in [6.07, 6.45) is 3.91.